The van der Waals surface area contributed by atoms with Crippen LogP contribution < -0.4 is 5.73 Å². The van der Waals surface area contributed by atoms with Crippen molar-refractivity contribution in [1.29, 1.82) is 0 Å². The molecule has 3 N–H and O–H groups in total. The number of ketones is 1. The van der Waals surface area contributed by atoms with Crippen LogP contribution in [0.1, 0.15) is 73.4 Å². The molecular formula is C23H30N2O3. The SMILES string of the molecule is C[C@H](C1CCC1)N1CCC23CC(=O)CC[C@H]2[C@H]1Cc1ccc(C(N)=O)c(O)c13. The Labute approximate surface area is 166 Å². The summed E-state index contributed by atoms with van der Waals surface area (Å²) in [6.07, 6.45) is 7.79. The third-order valence-corrected chi connectivity index (χ3v) is 8.47. The second kappa shape index (κ2) is 6.31. The third-order valence-electron chi connectivity index (χ3n) is 8.47. The zero-order valence-corrected chi connectivity index (χ0v) is 16.6. The lowest BCUT2D eigenvalue weighted by atomic mass is 9.51. The first-order valence-corrected chi connectivity index (χ1v) is 10.8. The van der Waals surface area contributed by atoms with Crippen molar-refractivity contribution in [3.05, 3.63) is 28.8 Å². The third kappa shape index (κ3) is 2.41. The second-order valence-electron chi connectivity index (χ2n) is 9.57. The van der Waals surface area contributed by atoms with Gasteiger partial charge in [-0.05, 0) is 69.0 Å². The first kappa shape index (κ1) is 18.2. The Kier molecular flexibility index (Phi) is 4.10. The Morgan fingerprint density at radius 2 is 2.11 bits per heavy atom. The summed E-state index contributed by atoms with van der Waals surface area (Å²) in [5.41, 5.74) is 7.32. The Morgan fingerprint density at radius 3 is 2.79 bits per heavy atom. The highest BCUT2D eigenvalue weighted by Gasteiger charge is 2.57. The standard InChI is InChI=1S/C23H30N2O3/c1-13(14-3-2-4-14)25-10-9-23-12-16(26)6-8-18(23)19(25)11-15-5-7-17(22(24)28)21(27)20(15)23/h5,7,13-14,18-19,27H,2-4,6,8-12H2,1H3,(H2,24,28)/t13-,18+,19-,23?/m1/s1. The number of phenols is 1. The molecule has 1 aliphatic heterocycles. The van der Waals surface area contributed by atoms with Gasteiger partial charge in [-0.25, -0.2) is 0 Å². The van der Waals surface area contributed by atoms with Crippen LogP contribution in [0.15, 0.2) is 12.1 Å². The lowest BCUT2D eigenvalue weighted by Crippen LogP contribution is -2.64. The number of primary amides is 1. The van der Waals surface area contributed by atoms with E-state index in [4.69, 9.17) is 5.73 Å². The van der Waals surface area contributed by atoms with E-state index in [9.17, 15) is 14.7 Å². The number of Topliss-reactive ketones (excluding diaryl/α,β-unsaturated/α-hetero) is 1. The largest absolute Gasteiger partial charge is 0.507 e. The molecular weight excluding hydrogens is 352 g/mol. The molecule has 150 valence electrons. The van der Waals surface area contributed by atoms with Gasteiger partial charge in [-0.2, -0.15) is 0 Å². The number of rotatable bonds is 3. The van der Waals surface area contributed by atoms with E-state index in [1.807, 2.05) is 6.07 Å². The highest BCUT2D eigenvalue weighted by atomic mass is 16.3. The average Bonchev–Trinajstić information content (AvgIpc) is 2.59. The Morgan fingerprint density at radius 1 is 1.32 bits per heavy atom. The maximum Gasteiger partial charge on any atom is 0.252 e. The lowest BCUT2D eigenvalue weighted by Gasteiger charge is -2.60. The molecule has 5 rings (SSSR count). The number of nitrogens with two attached hydrogens (primary N) is 1. The summed E-state index contributed by atoms with van der Waals surface area (Å²) in [7, 11) is 0. The molecule has 1 aromatic carbocycles. The molecule has 2 saturated carbocycles. The molecule has 0 spiro atoms. The first-order chi connectivity index (χ1) is 13.4. The second-order valence-corrected chi connectivity index (χ2v) is 9.57. The Balaban J connectivity index is 1.62. The van der Waals surface area contributed by atoms with Gasteiger partial charge in [0.25, 0.3) is 5.91 Å². The molecule has 1 aromatic rings. The summed E-state index contributed by atoms with van der Waals surface area (Å²) in [6, 6.07) is 4.63. The van der Waals surface area contributed by atoms with Gasteiger partial charge in [0.05, 0.1) is 5.56 Å². The van der Waals surface area contributed by atoms with Crippen molar-refractivity contribution in [2.45, 2.75) is 75.8 Å². The van der Waals surface area contributed by atoms with Crippen molar-refractivity contribution < 1.29 is 14.7 Å². The maximum atomic E-state index is 12.5. The van der Waals surface area contributed by atoms with Gasteiger partial charge in [0.2, 0.25) is 0 Å². The number of likely N-dealkylation sites (tertiary alicyclic amines) is 1. The molecule has 5 heteroatoms. The van der Waals surface area contributed by atoms with Crippen molar-refractivity contribution in [3.63, 3.8) is 0 Å². The summed E-state index contributed by atoms with van der Waals surface area (Å²) < 4.78 is 0. The molecule has 28 heavy (non-hydrogen) atoms. The number of hydrogen-bond acceptors (Lipinski definition) is 4. The van der Waals surface area contributed by atoms with Crippen LogP contribution in [-0.4, -0.2) is 40.3 Å². The van der Waals surface area contributed by atoms with E-state index in [2.05, 4.69) is 11.8 Å². The van der Waals surface area contributed by atoms with E-state index in [0.717, 1.165) is 42.9 Å². The molecule has 5 nitrogen and oxygen atoms in total. The van der Waals surface area contributed by atoms with Crippen LogP contribution in [0.4, 0.5) is 0 Å². The molecule has 1 amide bonds. The van der Waals surface area contributed by atoms with Crippen molar-refractivity contribution in [1.82, 2.24) is 4.90 Å². The molecule has 3 fully saturated rings. The Hall–Kier alpha value is -1.88. The van der Waals surface area contributed by atoms with Gasteiger partial charge in [-0.3, -0.25) is 14.5 Å². The van der Waals surface area contributed by atoms with Gasteiger partial charge < -0.3 is 10.8 Å². The molecule has 3 aliphatic carbocycles. The molecule has 1 heterocycles. The number of benzene rings is 1. The van der Waals surface area contributed by atoms with E-state index in [0.29, 0.717) is 30.8 Å². The number of aromatic hydroxyl groups is 1. The van der Waals surface area contributed by atoms with Crippen molar-refractivity contribution in [2.24, 2.45) is 17.6 Å². The fourth-order valence-corrected chi connectivity index (χ4v) is 6.86. The molecule has 4 atom stereocenters. The van der Waals surface area contributed by atoms with Crippen LogP contribution in [0.2, 0.25) is 0 Å². The van der Waals surface area contributed by atoms with E-state index in [1.165, 1.54) is 19.3 Å². The van der Waals surface area contributed by atoms with E-state index >= 15 is 0 Å². The van der Waals surface area contributed by atoms with Gasteiger partial charge in [0.15, 0.2) is 0 Å². The number of amides is 1. The van der Waals surface area contributed by atoms with Crippen LogP contribution in [0.25, 0.3) is 0 Å². The van der Waals surface area contributed by atoms with Crippen molar-refractivity contribution >= 4 is 11.7 Å². The highest BCUT2D eigenvalue weighted by molar-refractivity contribution is 5.96. The monoisotopic (exact) mass is 382 g/mol. The quantitative estimate of drug-likeness (QED) is 0.842. The van der Waals surface area contributed by atoms with Crippen LogP contribution in [-0.2, 0) is 16.6 Å². The van der Waals surface area contributed by atoms with Crippen LogP contribution in [0.5, 0.6) is 5.75 Å². The molecule has 2 bridgehead atoms. The summed E-state index contributed by atoms with van der Waals surface area (Å²) >= 11 is 0. The molecule has 1 saturated heterocycles. The number of piperidine rings is 1. The minimum atomic E-state index is -0.603. The predicted octanol–water partition coefficient (Wildman–Crippen LogP) is 2.92. The van der Waals surface area contributed by atoms with E-state index < -0.39 is 5.91 Å². The van der Waals surface area contributed by atoms with Gasteiger partial charge in [-0.15, -0.1) is 0 Å². The van der Waals surface area contributed by atoms with E-state index in [-0.39, 0.29) is 22.5 Å². The number of fused-ring (bicyclic) bond motifs is 1. The van der Waals surface area contributed by atoms with Crippen LogP contribution in [0, 0.1) is 11.8 Å². The number of carbonyl (C=O) groups is 2. The average molecular weight is 383 g/mol. The smallest absolute Gasteiger partial charge is 0.252 e. The lowest BCUT2D eigenvalue weighted by molar-refractivity contribution is -0.128. The zero-order valence-electron chi connectivity index (χ0n) is 16.6. The first-order valence-electron chi connectivity index (χ1n) is 10.8. The molecule has 1 unspecified atom stereocenters. The van der Waals surface area contributed by atoms with Gasteiger partial charge in [-0.1, -0.05) is 12.5 Å². The van der Waals surface area contributed by atoms with E-state index in [1.54, 1.807) is 6.07 Å². The highest BCUT2D eigenvalue weighted by Crippen LogP contribution is 2.58. The minimum Gasteiger partial charge on any atom is -0.507 e. The number of hydrogen-bond donors (Lipinski definition) is 2. The van der Waals surface area contributed by atoms with Crippen LogP contribution >= 0.6 is 0 Å². The number of carbonyl (C=O) groups excluding carboxylic acids is 2. The van der Waals surface area contributed by atoms with Crippen molar-refractivity contribution in [2.75, 3.05) is 6.54 Å². The Bertz CT molecular complexity index is 846. The molecule has 0 radical (unpaired) electrons. The van der Waals surface area contributed by atoms with Gasteiger partial charge in [0.1, 0.15) is 11.5 Å². The zero-order chi connectivity index (χ0) is 19.6. The van der Waals surface area contributed by atoms with Gasteiger partial charge in [0, 0.05) is 35.9 Å². The fourth-order valence-electron chi connectivity index (χ4n) is 6.86. The van der Waals surface area contributed by atoms with Crippen LogP contribution in [0.3, 0.4) is 0 Å². The summed E-state index contributed by atoms with van der Waals surface area (Å²) in [6.45, 7) is 3.35. The summed E-state index contributed by atoms with van der Waals surface area (Å²) in [5, 5.41) is 11.0. The topological polar surface area (TPSA) is 83.6 Å². The fraction of sp³-hybridized carbons (Fsp3) is 0.652. The molecule has 0 aromatic heterocycles. The number of nitrogens with zero attached hydrogens (tertiary/aromatic N) is 1. The van der Waals surface area contributed by atoms with Gasteiger partial charge >= 0.3 is 0 Å². The molecule has 4 aliphatic rings. The summed E-state index contributed by atoms with van der Waals surface area (Å²) in [4.78, 5) is 27.1. The summed E-state index contributed by atoms with van der Waals surface area (Å²) in [5.74, 6) is 0.872. The normalized spacial score (nSPS) is 33.5. The predicted molar refractivity (Wildman–Crippen MR) is 106 cm³/mol. The maximum absolute atomic E-state index is 12.5. The van der Waals surface area contributed by atoms with Crippen molar-refractivity contribution in [3.8, 4) is 5.75 Å². The minimum absolute atomic E-state index is 0.0311.